The van der Waals surface area contributed by atoms with Crippen LogP contribution in [0.15, 0.2) is 42.6 Å². The highest BCUT2D eigenvalue weighted by atomic mass is 32.1. The summed E-state index contributed by atoms with van der Waals surface area (Å²) < 4.78 is 5.92. The molecule has 1 aromatic heterocycles. The molecule has 0 saturated carbocycles. The lowest BCUT2D eigenvalue weighted by Crippen LogP contribution is -2.12. The van der Waals surface area contributed by atoms with Crippen LogP contribution in [0, 0.1) is 0 Å². The Bertz CT molecular complexity index is 615. The third-order valence-electron chi connectivity index (χ3n) is 2.91. The first-order valence-corrected chi connectivity index (χ1v) is 6.82. The summed E-state index contributed by atoms with van der Waals surface area (Å²) in [6.07, 6.45) is 1.63. The van der Waals surface area contributed by atoms with E-state index in [-0.39, 0.29) is 10.4 Å². The van der Waals surface area contributed by atoms with Gasteiger partial charge >= 0.3 is 0 Å². The second kappa shape index (κ2) is 5.59. The van der Waals surface area contributed by atoms with Crippen molar-refractivity contribution in [3.63, 3.8) is 0 Å². The van der Waals surface area contributed by atoms with Crippen LogP contribution in [0.25, 0.3) is 0 Å². The smallest absolute Gasteiger partial charge is 0.145 e. The zero-order chi connectivity index (χ0) is 14.8. The highest BCUT2D eigenvalue weighted by Crippen LogP contribution is 2.33. The molecule has 0 spiro atoms. The maximum absolute atomic E-state index is 5.92. The van der Waals surface area contributed by atoms with Crippen molar-refractivity contribution in [3.05, 3.63) is 53.9 Å². The Labute approximate surface area is 124 Å². The van der Waals surface area contributed by atoms with E-state index in [4.69, 9.17) is 22.7 Å². The Morgan fingerprint density at radius 1 is 1.15 bits per heavy atom. The Morgan fingerprint density at radius 3 is 2.40 bits per heavy atom. The van der Waals surface area contributed by atoms with E-state index in [0.29, 0.717) is 11.4 Å². The summed E-state index contributed by atoms with van der Waals surface area (Å²) in [5, 5.41) is 0. The van der Waals surface area contributed by atoms with E-state index >= 15 is 0 Å². The molecule has 0 saturated heterocycles. The Hall–Kier alpha value is -1.94. The number of benzene rings is 1. The number of aromatic nitrogens is 1. The van der Waals surface area contributed by atoms with Gasteiger partial charge in [0.2, 0.25) is 0 Å². The first kappa shape index (κ1) is 14.5. The van der Waals surface area contributed by atoms with Crippen molar-refractivity contribution < 1.29 is 4.74 Å². The Morgan fingerprint density at radius 2 is 1.85 bits per heavy atom. The molecule has 4 heteroatoms. The van der Waals surface area contributed by atoms with E-state index in [2.05, 4.69) is 31.8 Å². The summed E-state index contributed by atoms with van der Waals surface area (Å²) >= 11 is 4.88. The molecule has 20 heavy (non-hydrogen) atoms. The molecule has 1 heterocycles. The zero-order valence-corrected chi connectivity index (χ0v) is 12.7. The van der Waals surface area contributed by atoms with Crippen molar-refractivity contribution in [2.24, 2.45) is 5.73 Å². The zero-order valence-electron chi connectivity index (χ0n) is 11.9. The average Bonchev–Trinajstić information content (AvgIpc) is 2.38. The molecule has 0 radical (unpaired) electrons. The van der Waals surface area contributed by atoms with Crippen molar-refractivity contribution in [2.45, 2.75) is 26.2 Å². The van der Waals surface area contributed by atoms with Gasteiger partial charge in [0.05, 0.1) is 11.9 Å². The summed E-state index contributed by atoms with van der Waals surface area (Å²) in [5.74, 6) is 1.51. The van der Waals surface area contributed by atoms with Crippen LogP contribution in [-0.4, -0.2) is 9.97 Å². The summed E-state index contributed by atoms with van der Waals surface area (Å²) in [7, 11) is 0. The number of hydrogen-bond acceptors (Lipinski definition) is 3. The normalized spacial score (nSPS) is 11.2. The van der Waals surface area contributed by atoms with E-state index < -0.39 is 0 Å². The SMILES string of the molecule is CC(C)(C)c1ccccc1Oc1ccc(C(N)=S)nc1. The molecule has 1 aromatic carbocycles. The van der Waals surface area contributed by atoms with Crippen LogP contribution in [0.1, 0.15) is 32.0 Å². The highest BCUT2D eigenvalue weighted by molar-refractivity contribution is 7.80. The molecular weight excluding hydrogens is 268 g/mol. The van der Waals surface area contributed by atoms with Crippen LogP contribution < -0.4 is 10.5 Å². The number of thiocarbonyl (C=S) groups is 1. The molecule has 0 aliphatic rings. The molecule has 2 rings (SSSR count). The van der Waals surface area contributed by atoms with Crippen molar-refractivity contribution in [1.82, 2.24) is 4.98 Å². The topological polar surface area (TPSA) is 48.1 Å². The van der Waals surface area contributed by atoms with Gasteiger partial charge in [-0.25, -0.2) is 4.98 Å². The largest absolute Gasteiger partial charge is 0.455 e. The van der Waals surface area contributed by atoms with Crippen molar-refractivity contribution in [3.8, 4) is 11.5 Å². The van der Waals surface area contributed by atoms with Crippen molar-refractivity contribution >= 4 is 17.2 Å². The van der Waals surface area contributed by atoms with E-state index in [1.807, 2.05) is 24.3 Å². The Kier molecular flexibility index (Phi) is 4.04. The number of ether oxygens (including phenoxy) is 1. The van der Waals surface area contributed by atoms with Crippen LogP contribution in [0.4, 0.5) is 0 Å². The maximum Gasteiger partial charge on any atom is 0.145 e. The molecule has 0 amide bonds. The summed E-state index contributed by atoms with van der Waals surface area (Å²) in [4.78, 5) is 4.46. The minimum absolute atomic E-state index is 0.0167. The van der Waals surface area contributed by atoms with Crippen LogP contribution in [0.5, 0.6) is 11.5 Å². The molecule has 104 valence electrons. The van der Waals surface area contributed by atoms with Gasteiger partial charge in [-0.1, -0.05) is 51.2 Å². The Balaban J connectivity index is 2.28. The van der Waals surface area contributed by atoms with Gasteiger partial charge in [0, 0.05) is 5.56 Å². The molecule has 0 unspecified atom stereocenters. The fourth-order valence-corrected chi connectivity index (χ4v) is 2.01. The second-order valence-corrected chi connectivity index (χ2v) is 6.03. The van der Waals surface area contributed by atoms with Gasteiger partial charge in [-0.15, -0.1) is 0 Å². The van der Waals surface area contributed by atoms with E-state index in [9.17, 15) is 0 Å². The minimum Gasteiger partial charge on any atom is -0.455 e. The quantitative estimate of drug-likeness (QED) is 0.872. The predicted molar refractivity (Wildman–Crippen MR) is 85.3 cm³/mol. The molecule has 0 bridgehead atoms. The minimum atomic E-state index is 0.0167. The van der Waals surface area contributed by atoms with Gasteiger partial charge in [0.15, 0.2) is 0 Å². The van der Waals surface area contributed by atoms with Gasteiger partial charge in [0.1, 0.15) is 16.5 Å². The van der Waals surface area contributed by atoms with Crippen LogP contribution in [0.3, 0.4) is 0 Å². The average molecular weight is 286 g/mol. The predicted octanol–water partition coefficient (Wildman–Crippen LogP) is 3.81. The third-order valence-corrected chi connectivity index (χ3v) is 3.12. The van der Waals surface area contributed by atoms with E-state index in [1.54, 1.807) is 12.3 Å². The summed E-state index contributed by atoms with van der Waals surface area (Å²) in [6.45, 7) is 6.47. The van der Waals surface area contributed by atoms with Crippen molar-refractivity contribution in [2.75, 3.05) is 0 Å². The molecule has 2 aromatic rings. The van der Waals surface area contributed by atoms with Gasteiger partial charge in [0.25, 0.3) is 0 Å². The number of hydrogen-bond donors (Lipinski definition) is 1. The maximum atomic E-state index is 5.92. The second-order valence-electron chi connectivity index (χ2n) is 5.59. The lowest BCUT2D eigenvalue weighted by Gasteiger charge is -2.22. The number of para-hydroxylation sites is 1. The van der Waals surface area contributed by atoms with Crippen LogP contribution in [0.2, 0.25) is 0 Å². The van der Waals surface area contributed by atoms with Gasteiger partial charge < -0.3 is 10.5 Å². The molecule has 0 aliphatic heterocycles. The molecule has 3 nitrogen and oxygen atoms in total. The summed E-state index contributed by atoms with van der Waals surface area (Å²) in [5.41, 5.74) is 7.29. The third kappa shape index (κ3) is 3.33. The van der Waals surface area contributed by atoms with Crippen molar-refractivity contribution in [1.29, 1.82) is 0 Å². The molecule has 0 aliphatic carbocycles. The first-order chi connectivity index (χ1) is 9.38. The molecular formula is C16H18N2OS. The first-order valence-electron chi connectivity index (χ1n) is 6.41. The molecule has 2 N–H and O–H groups in total. The van der Waals surface area contributed by atoms with Gasteiger partial charge in [-0.05, 0) is 23.6 Å². The number of pyridine rings is 1. The lowest BCUT2D eigenvalue weighted by atomic mass is 9.86. The molecule has 0 atom stereocenters. The summed E-state index contributed by atoms with van der Waals surface area (Å²) in [6, 6.07) is 11.6. The highest BCUT2D eigenvalue weighted by Gasteiger charge is 2.18. The van der Waals surface area contributed by atoms with Gasteiger partial charge in [-0.3, -0.25) is 0 Å². The lowest BCUT2D eigenvalue weighted by molar-refractivity contribution is 0.453. The van der Waals surface area contributed by atoms with E-state index in [0.717, 1.165) is 11.3 Å². The van der Waals surface area contributed by atoms with E-state index in [1.165, 1.54) is 0 Å². The van der Waals surface area contributed by atoms with Crippen LogP contribution >= 0.6 is 12.2 Å². The van der Waals surface area contributed by atoms with Gasteiger partial charge in [-0.2, -0.15) is 0 Å². The molecule has 0 fully saturated rings. The van der Waals surface area contributed by atoms with Crippen LogP contribution in [-0.2, 0) is 5.41 Å². The number of nitrogens with zero attached hydrogens (tertiary/aromatic N) is 1. The fourth-order valence-electron chi connectivity index (χ4n) is 1.89. The monoisotopic (exact) mass is 286 g/mol. The number of nitrogens with two attached hydrogens (primary N) is 1. The number of rotatable bonds is 3. The standard InChI is InChI=1S/C16H18N2OS/c1-16(2,3)12-6-4-5-7-14(12)19-11-8-9-13(15(17)20)18-10-11/h4-10H,1-3H3,(H2,17,20). The fraction of sp³-hybridized carbons (Fsp3) is 0.250.